The Bertz CT molecular complexity index is 255. The highest BCUT2D eigenvalue weighted by Gasteiger charge is 2.18. The molecule has 11 heavy (non-hydrogen) atoms. The van der Waals surface area contributed by atoms with Crippen molar-refractivity contribution in [2.45, 2.75) is 18.6 Å². The van der Waals surface area contributed by atoms with Crippen LogP contribution in [0.25, 0.3) is 0 Å². The van der Waals surface area contributed by atoms with E-state index < -0.39 is 21.0 Å². The number of primary amides is 1. The van der Waals surface area contributed by atoms with E-state index >= 15 is 0 Å². The van der Waals surface area contributed by atoms with Gasteiger partial charge in [-0.15, -0.1) is 0 Å². The monoisotopic (exact) mass is 177 g/mol. The highest BCUT2D eigenvalue weighted by Crippen LogP contribution is 2.05. The number of carbonyl (C=O) groups excluding carboxylic acids is 1. The Kier molecular flexibility index (Phi) is 3.25. The van der Waals surface area contributed by atoms with Gasteiger partial charge >= 0.3 is 0 Å². The molecule has 0 spiro atoms. The van der Waals surface area contributed by atoms with Gasteiger partial charge in [-0.1, -0.05) is 6.58 Å². The SMILES string of the molecule is C=CS(=O)(=O)[C@@H](C)CC(N)=O. The van der Waals surface area contributed by atoms with E-state index in [4.69, 9.17) is 5.73 Å². The molecule has 0 saturated carbocycles. The van der Waals surface area contributed by atoms with Gasteiger partial charge in [0.25, 0.3) is 0 Å². The lowest BCUT2D eigenvalue weighted by molar-refractivity contribution is -0.117. The molecule has 5 heteroatoms. The molecule has 0 aliphatic heterocycles. The molecule has 1 amide bonds. The minimum Gasteiger partial charge on any atom is -0.370 e. The second kappa shape index (κ2) is 3.52. The molecule has 0 rings (SSSR count). The Morgan fingerprint density at radius 2 is 2.18 bits per heavy atom. The largest absolute Gasteiger partial charge is 0.370 e. The Labute approximate surface area is 66.0 Å². The number of carbonyl (C=O) groups is 1. The predicted molar refractivity (Wildman–Crippen MR) is 42.4 cm³/mol. The summed E-state index contributed by atoms with van der Waals surface area (Å²) in [4.78, 5) is 10.3. The molecule has 1 atom stereocenters. The van der Waals surface area contributed by atoms with Gasteiger partial charge in [0, 0.05) is 11.8 Å². The third kappa shape index (κ3) is 3.18. The van der Waals surface area contributed by atoms with Crippen molar-refractivity contribution in [3.8, 4) is 0 Å². The van der Waals surface area contributed by atoms with Crippen molar-refractivity contribution in [2.75, 3.05) is 0 Å². The van der Waals surface area contributed by atoms with Crippen molar-refractivity contribution in [2.24, 2.45) is 5.73 Å². The van der Waals surface area contributed by atoms with Crippen LogP contribution >= 0.6 is 0 Å². The van der Waals surface area contributed by atoms with Gasteiger partial charge in [0.05, 0.1) is 5.25 Å². The third-order valence-corrected chi connectivity index (χ3v) is 3.03. The van der Waals surface area contributed by atoms with Crippen LogP contribution in [-0.2, 0) is 14.6 Å². The molecule has 4 nitrogen and oxygen atoms in total. The predicted octanol–water partition coefficient (Wildman–Crippen LogP) is -0.191. The van der Waals surface area contributed by atoms with E-state index in [9.17, 15) is 13.2 Å². The van der Waals surface area contributed by atoms with Gasteiger partial charge in [-0.3, -0.25) is 4.79 Å². The fraction of sp³-hybridized carbons (Fsp3) is 0.500. The molecule has 0 fully saturated rings. The second-order valence-electron chi connectivity index (χ2n) is 2.24. The molecule has 0 bridgehead atoms. The summed E-state index contributed by atoms with van der Waals surface area (Å²) in [6, 6.07) is 0. The molecule has 0 unspecified atom stereocenters. The Hall–Kier alpha value is -0.840. The summed E-state index contributed by atoms with van der Waals surface area (Å²) < 4.78 is 21.8. The number of hydrogen-bond donors (Lipinski definition) is 1. The second-order valence-corrected chi connectivity index (χ2v) is 4.55. The van der Waals surface area contributed by atoms with Crippen LogP contribution in [0.15, 0.2) is 12.0 Å². The first-order valence-corrected chi connectivity index (χ1v) is 4.65. The van der Waals surface area contributed by atoms with E-state index in [0.717, 1.165) is 5.41 Å². The Balaban J connectivity index is 4.37. The summed E-state index contributed by atoms with van der Waals surface area (Å²) in [5.74, 6) is -0.622. The smallest absolute Gasteiger partial charge is 0.218 e. The lowest BCUT2D eigenvalue weighted by Gasteiger charge is -2.05. The van der Waals surface area contributed by atoms with Gasteiger partial charge in [-0.2, -0.15) is 0 Å². The van der Waals surface area contributed by atoms with Crippen LogP contribution in [0.4, 0.5) is 0 Å². The summed E-state index contributed by atoms with van der Waals surface area (Å²) >= 11 is 0. The van der Waals surface area contributed by atoms with Crippen molar-refractivity contribution in [3.63, 3.8) is 0 Å². The maximum absolute atomic E-state index is 10.9. The fourth-order valence-electron chi connectivity index (χ4n) is 0.564. The Morgan fingerprint density at radius 1 is 1.73 bits per heavy atom. The molecule has 0 saturated heterocycles. The molecule has 0 aromatic heterocycles. The highest BCUT2D eigenvalue weighted by atomic mass is 32.2. The summed E-state index contributed by atoms with van der Waals surface area (Å²) in [6.07, 6.45) is -0.158. The molecular formula is C6H11NO3S. The van der Waals surface area contributed by atoms with Gasteiger partial charge < -0.3 is 5.73 Å². The molecule has 64 valence electrons. The van der Waals surface area contributed by atoms with E-state index in [0.29, 0.717) is 0 Å². The lowest BCUT2D eigenvalue weighted by atomic mass is 10.3. The van der Waals surface area contributed by atoms with Crippen LogP contribution < -0.4 is 5.73 Å². The van der Waals surface area contributed by atoms with Crippen molar-refractivity contribution in [3.05, 3.63) is 12.0 Å². The molecule has 0 aromatic carbocycles. The van der Waals surface area contributed by atoms with E-state index in [1.807, 2.05) is 0 Å². The van der Waals surface area contributed by atoms with Crippen molar-refractivity contribution in [1.29, 1.82) is 0 Å². The minimum absolute atomic E-state index is 0.158. The topological polar surface area (TPSA) is 77.2 Å². The first-order chi connectivity index (χ1) is 4.90. The normalized spacial score (nSPS) is 13.9. The molecule has 0 aliphatic carbocycles. The van der Waals surface area contributed by atoms with Crippen LogP contribution in [0.5, 0.6) is 0 Å². The van der Waals surface area contributed by atoms with Gasteiger partial charge in [-0.25, -0.2) is 8.42 Å². The van der Waals surface area contributed by atoms with Crippen molar-refractivity contribution >= 4 is 15.7 Å². The van der Waals surface area contributed by atoms with Crippen molar-refractivity contribution in [1.82, 2.24) is 0 Å². The van der Waals surface area contributed by atoms with Crippen LogP contribution in [0.3, 0.4) is 0 Å². The molecule has 2 N–H and O–H groups in total. The maximum Gasteiger partial charge on any atom is 0.218 e. The number of hydrogen-bond acceptors (Lipinski definition) is 3. The molecule has 0 radical (unpaired) electrons. The fourth-order valence-corrected chi connectivity index (χ4v) is 1.29. The molecule has 0 aliphatic rings. The molecule has 0 aromatic rings. The van der Waals surface area contributed by atoms with Crippen LogP contribution in [0.1, 0.15) is 13.3 Å². The summed E-state index contributed by atoms with van der Waals surface area (Å²) in [5, 5.41) is 0.0677. The highest BCUT2D eigenvalue weighted by molar-refractivity contribution is 7.94. The number of nitrogens with two attached hydrogens (primary N) is 1. The zero-order valence-corrected chi connectivity index (χ0v) is 7.10. The summed E-state index contributed by atoms with van der Waals surface area (Å²) in [6.45, 7) is 4.54. The zero-order chi connectivity index (χ0) is 9.07. The quantitative estimate of drug-likeness (QED) is 0.646. The van der Waals surface area contributed by atoms with Crippen LogP contribution in [0, 0.1) is 0 Å². The van der Waals surface area contributed by atoms with E-state index in [1.54, 1.807) is 0 Å². The maximum atomic E-state index is 10.9. The zero-order valence-electron chi connectivity index (χ0n) is 6.28. The number of amides is 1. The summed E-state index contributed by atoms with van der Waals surface area (Å²) in [5.41, 5.74) is 4.81. The van der Waals surface area contributed by atoms with E-state index in [1.165, 1.54) is 6.92 Å². The van der Waals surface area contributed by atoms with E-state index in [2.05, 4.69) is 6.58 Å². The van der Waals surface area contributed by atoms with Gasteiger partial charge in [0.2, 0.25) is 5.91 Å². The first kappa shape index (κ1) is 10.2. The number of rotatable bonds is 4. The number of sulfone groups is 1. The molecule has 0 heterocycles. The minimum atomic E-state index is -3.33. The Morgan fingerprint density at radius 3 is 2.45 bits per heavy atom. The van der Waals surface area contributed by atoms with Gasteiger partial charge in [0.15, 0.2) is 9.84 Å². The van der Waals surface area contributed by atoms with Gasteiger partial charge in [0.1, 0.15) is 0 Å². The summed E-state index contributed by atoms with van der Waals surface area (Å²) in [7, 11) is -3.33. The average molecular weight is 177 g/mol. The molecular weight excluding hydrogens is 166 g/mol. The average Bonchev–Trinajstić information content (AvgIpc) is 1.86. The first-order valence-electron chi connectivity index (χ1n) is 3.04. The van der Waals surface area contributed by atoms with Crippen molar-refractivity contribution < 1.29 is 13.2 Å². The van der Waals surface area contributed by atoms with Gasteiger partial charge in [-0.05, 0) is 6.92 Å². The standard InChI is InChI=1S/C6H11NO3S/c1-3-11(9,10)5(2)4-6(7)8/h3,5H,1,4H2,2H3,(H2,7,8)/t5-/m0/s1. The van der Waals surface area contributed by atoms with E-state index in [-0.39, 0.29) is 6.42 Å². The van der Waals surface area contributed by atoms with Crippen LogP contribution in [-0.4, -0.2) is 19.6 Å². The lowest BCUT2D eigenvalue weighted by Crippen LogP contribution is -2.23. The van der Waals surface area contributed by atoms with Crippen LogP contribution in [0.2, 0.25) is 0 Å². The third-order valence-electron chi connectivity index (χ3n) is 1.28.